The summed E-state index contributed by atoms with van der Waals surface area (Å²) in [5, 5.41) is 0. The fraction of sp³-hybridized carbons (Fsp3) is 0.652. The highest BCUT2D eigenvalue weighted by Gasteiger charge is 2.39. The minimum atomic E-state index is 0.352. The highest BCUT2D eigenvalue weighted by molar-refractivity contribution is 5.33. The molecule has 0 heterocycles. The summed E-state index contributed by atoms with van der Waals surface area (Å²) in [7, 11) is 0. The van der Waals surface area contributed by atoms with Gasteiger partial charge in [0.2, 0.25) is 0 Å². The summed E-state index contributed by atoms with van der Waals surface area (Å²) in [5.74, 6) is 8.46. The Hall–Kier alpha value is -1.42. The van der Waals surface area contributed by atoms with E-state index in [2.05, 4.69) is 43.0 Å². The molecular weight excluding hydrogens is 292 g/mol. The van der Waals surface area contributed by atoms with Gasteiger partial charge >= 0.3 is 0 Å². The Labute approximate surface area is 148 Å². The van der Waals surface area contributed by atoms with Crippen LogP contribution in [0.5, 0.6) is 5.75 Å². The zero-order valence-corrected chi connectivity index (χ0v) is 15.4. The standard InChI is InChI=1S/C23H32O/c1-3-8-20(4-2)21-9-11-22(12-10-21)24-18-19-13-16-23(17-19)14-6-5-7-15-23/h9-12,19-20H,4-7,13-18H2,1-2H3/t19?,20-/m1/s1. The van der Waals surface area contributed by atoms with Gasteiger partial charge in [-0.3, -0.25) is 0 Å². The topological polar surface area (TPSA) is 9.23 Å². The molecule has 1 aromatic carbocycles. The van der Waals surface area contributed by atoms with Crippen LogP contribution in [0.15, 0.2) is 24.3 Å². The van der Waals surface area contributed by atoms with Gasteiger partial charge < -0.3 is 4.74 Å². The van der Waals surface area contributed by atoms with Crippen molar-refractivity contribution >= 4 is 0 Å². The minimum absolute atomic E-state index is 0.352. The Morgan fingerprint density at radius 2 is 1.88 bits per heavy atom. The third kappa shape index (κ3) is 4.15. The molecule has 2 aliphatic carbocycles. The monoisotopic (exact) mass is 324 g/mol. The van der Waals surface area contributed by atoms with Crippen molar-refractivity contribution in [2.24, 2.45) is 11.3 Å². The quantitative estimate of drug-likeness (QED) is 0.575. The first-order valence-corrected chi connectivity index (χ1v) is 9.90. The van der Waals surface area contributed by atoms with Crippen molar-refractivity contribution in [3.63, 3.8) is 0 Å². The van der Waals surface area contributed by atoms with Crippen LogP contribution in [-0.2, 0) is 0 Å². The first-order valence-electron chi connectivity index (χ1n) is 9.90. The van der Waals surface area contributed by atoms with Gasteiger partial charge in [-0.15, -0.1) is 5.92 Å². The van der Waals surface area contributed by atoms with Crippen molar-refractivity contribution in [2.75, 3.05) is 6.61 Å². The Bertz CT molecular complexity index is 568. The molecule has 0 amide bonds. The van der Waals surface area contributed by atoms with E-state index in [-0.39, 0.29) is 0 Å². The third-order valence-corrected chi connectivity index (χ3v) is 6.21. The number of benzene rings is 1. The third-order valence-electron chi connectivity index (χ3n) is 6.21. The van der Waals surface area contributed by atoms with Gasteiger partial charge in [-0.1, -0.05) is 44.2 Å². The summed E-state index contributed by atoms with van der Waals surface area (Å²) in [5.41, 5.74) is 1.99. The van der Waals surface area contributed by atoms with Gasteiger partial charge in [0.05, 0.1) is 6.61 Å². The van der Waals surface area contributed by atoms with E-state index in [9.17, 15) is 0 Å². The fourth-order valence-electron chi connectivity index (χ4n) is 4.83. The number of hydrogen-bond donors (Lipinski definition) is 0. The molecule has 2 saturated carbocycles. The van der Waals surface area contributed by atoms with Crippen molar-refractivity contribution < 1.29 is 4.74 Å². The Balaban J connectivity index is 1.51. The molecule has 0 radical (unpaired) electrons. The second kappa shape index (κ2) is 8.11. The Morgan fingerprint density at radius 1 is 1.12 bits per heavy atom. The molecule has 2 atom stereocenters. The van der Waals surface area contributed by atoms with Crippen LogP contribution in [0.4, 0.5) is 0 Å². The molecule has 0 N–H and O–H groups in total. The molecule has 0 bridgehead atoms. The molecule has 0 aromatic heterocycles. The normalized spacial score (nSPS) is 23.5. The van der Waals surface area contributed by atoms with E-state index < -0.39 is 0 Å². The highest BCUT2D eigenvalue weighted by Crippen LogP contribution is 2.51. The second-order valence-electron chi connectivity index (χ2n) is 7.90. The van der Waals surface area contributed by atoms with Crippen LogP contribution in [0.1, 0.15) is 83.1 Å². The Kier molecular flexibility index (Phi) is 5.88. The average Bonchev–Trinajstić information content (AvgIpc) is 3.01. The van der Waals surface area contributed by atoms with E-state index in [1.54, 1.807) is 0 Å². The molecule has 2 aliphatic rings. The van der Waals surface area contributed by atoms with E-state index in [1.807, 2.05) is 6.92 Å². The van der Waals surface area contributed by atoms with E-state index >= 15 is 0 Å². The summed E-state index contributed by atoms with van der Waals surface area (Å²) < 4.78 is 6.12. The molecule has 0 aliphatic heterocycles. The Morgan fingerprint density at radius 3 is 2.54 bits per heavy atom. The van der Waals surface area contributed by atoms with E-state index in [0.717, 1.165) is 24.7 Å². The molecule has 3 rings (SSSR count). The van der Waals surface area contributed by atoms with Crippen LogP contribution >= 0.6 is 0 Å². The summed E-state index contributed by atoms with van der Waals surface area (Å²) in [4.78, 5) is 0. The molecule has 130 valence electrons. The summed E-state index contributed by atoms with van der Waals surface area (Å²) in [6.07, 6.45) is 12.6. The lowest BCUT2D eigenvalue weighted by atomic mass is 9.72. The van der Waals surface area contributed by atoms with Crippen LogP contribution < -0.4 is 4.74 Å². The molecule has 1 aromatic rings. The van der Waals surface area contributed by atoms with Gasteiger partial charge in [-0.25, -0.2) is 0 Å². The molecule has 1 heteroatoms. The van der Waals surface area contributed by atoms with Gasteiger partial charge in [0.25, 0.3) is 0 Å². The van der Waals surface area contributed by atoms with Gasteiger partial charge in [0, 0.05) is 5.92 Å². The maximum atomic E-state index is 6.12. The van der Waals surface area contributed by atoms with Crippen molar-refractivity contribution in [1.29, 1.82) is 0 Å². The predicted octanol–water partition coefficient (Wildman–Crippen LogP) is 6.33. The van der Waals surface area contributed by atoms with Crippen molar-refractivity contribution in [3.05, 3.63) is 29.8 Å². The smallest absolute Gasteiger partial charge is 0.119 e. The molecule has 0 saturated heterocycles. The van der Waals surface area contributed by atoms with Crippen molar-refractivity contribution in [3.8, 4) is 17.6 Å². The maximum Gasteiger partial charge on any atom is 0.119 e. The van der Waals surface area contributed by atoms with Gasteiger partial charge in [-0.2, -0.15) is 0 Å². The maximum absolute atomic E-state index is 6.12. The lowest BCUT2D eigenvalue weighted by Gasteiger charge is -2.33. The van der Waals surface area contributed by atoms with Crippen molar-refractivity contribution in [2.45, 2.75) is 77.6 Å². The fourth-order valence-corrected chi connectivity index (χ4v) is 4.83. The number of ether oxygens (including phenoxy) is 1. The SMILES string of the molecule is CC#C[C@@H](CC)c1ccc(OCC2CCC3(CCCCC3)C2)cc1. The molecule has 1 spiro atoms. The van der Waals surface area contributed by atoms with E-state index in [1.165, 1.54) is 56.9 Å². The zero-order valence-electron chi connectivity index (χ0n) is 15.4. The summed E-state index contributed by atoms with van der Waals surface area (Å²) in [6.45, 7) is 5.01. The highest BCUT2D eigenvalue weighted by atomic mass is 16.5. The van der Waals surface area contributed by atoms with Crippen LogP contribution in [-0.4, -0.2) is 6.61 Å². The van der Waals surface area contributed by atoms with Gasteiger partial charge in [-0.05, 0) is 74.5 Å². The lowest BCUT2D eigenvalue weighted by Crippen LogP contribution is -2.21. The summed E-state index contributed by atoms with van der Waals surface area (Å²) >= 11 is 0. The van der Waals surface area contributed by atoms with Crippen molar-refractivity contribution in [1.82, 2.24) is 0 Å². The molecule has 2 fully saturated rings. The van der Waals surface area contributed by atoms with Gasteiger partial charge in [0.1, 0.15) is 5.75 Å². The first kappa shape index (κ1) is 17.4. The van der Waals surface area contributed by atoms with Gasteiger partial charge in [0.15, 0.2) is 0 Å². The molecule has 24 heavy (non-hydrogen) atoms. The van der Waals surface area contributed by atoms with Crippen LogP contribution in [0.3, 0.4) is 0 Å². The molecule has 1 unspecified atom stereocenters. The van der Waals surface area contributed by atoms with E-state index in [4.69, 9.17) is 4.74 Å². The lowest BCUT2D eigenvalue weighted by molar-refractivity contribution is 0.174. The van der Waals surface area contributed by atoms with E-state index in [0.29, 0.717) is 11.3 Å². The molecular formula is C23H32O. The second-order valence-corrected chi connectivity index (χ2v) is 7.90. The minimum Gasteiger partial charge on any atom is -0.493 e. The van der Waals surface area contributed by atoms with Crippen LogP contribution in [0.2, 0.25) is 0 Å². The van der Waals surface area contributed by atoms with Crippen LogP contribution in [0.25, 0.3) is 0 Å². The average molecular weight is 325 g/mol. The van der Waals surface area contributed by atoms with Crippen LogP contribution in [0, 0.1) is 23.2 Å². The largest absolute Gasteiger partial charge is 0.493 e. The first-order chi connectivity index (χ1) is 11.7. The summed E-state index contributed by atoms with van der Waals surface area (Å²) in [6, 6.07) is 8.62. The predicted molar refractivity (Wildman–Crippen MR) is 101 cm³/mol. The number of rotatable bonds is 5. The number of hydrogen-bond acceptors (Lipinski definition) is 1. The molecule has 1 nitrogen and oxygen atoms in total. The zero-order chi connectivity index (χ0) is 16.8.